The van der Waals surface area contributed by atoms with Crippen molar-refractivity contribution in [2.45, 2.75) is 20.3 Å². The lowest BCUT2D eigenvalue weighted by Gasteiger charge is -2.07. The highest BCUT2D eigenvalue weighted by molar-refractivity contribution is 9.11. The second-order valence-electron chi connectivity index (χ2n) is 4.50. The van der Waals surface area contributed by atoms with Crippen LogP contribution in [0.5, 0.6) is 0 Å². The molecule has 0 saturated heterocycles. The molecule has 0 aliphatic rings. The van der Waals surface area contributed by atoms with Crippen LogP contribution >= 0.6 is 27.3 Å². The van der Waals surface area contributed by atoms with Crippen LogP contribution in [0, 0.1) is 6.92 Å². The van der Waals surface area contributed by atoms with Crippen LogP contribution in [0.2, 0.25) is 0 Å². The highest BCUT2D eigenvalue weighted by Gasteiger charge is 2.11. The standard InChI is InChI=1S/C15H15BrN2O2S/c1-3-13(19)17-10-5-4-6-11(8-10)18-15(20)12-7-9(2)14(16)21-12/h4-8H,3H2,1-2H3,(H,17,19)(H,18,20). The van der Waals surface area contributed by atoms with E-state index in [1.54, 1.807) is 31.2 Å². The molecule has 0 radical (unpaired) electrons. The summed E-state index contributed by atoms with van der Waals surface area (Å²) < 4.78 is 0.955. The van der Waals surface area contributed by atoms with Gasteiger partial charge in [0, 0.05) is 17.8 Å². The lowest BCUT2D eigenvalue weighted by Crippen LogP contribution is -2.12. The number of halogens is 1. The second kappa shape index (κ2) is 6.87. The minimum absolute atomic E-state index is 0.0590. The number of carbonyl (C=O) groups excluding carboxylic acids is 2. The molecule has 2 aromatic rings. The summed E-state index contributed by atoms with van der Waals surface area (Å²) >= 11 is 4.80. The minimum atomic E-state index is -0.159. The van der Waals surface area contributed by atoms with Crippen LogP contribution in [-0.4, -0.2) is 11.8 Å². The second-order valence-corrected chi connectivity index (χ2v) is 6.87. The van der Waals surface area contributed by atoms with Crippen molar-refractivity contribution in [1.82, 2.24) is 0 Å². The molecule has 0 fully saturated rings. The fourth-order valence-corrected chi connectivity index (χ4v) is 3.12. The third kappa shape index (κ3) is 4.15. The molecule has 4 nitrogen and oxygen atoms in total. The zero-order chi connectivity index (χ0) is 15.4. The maximum Gasteiger partial charge on any atom is 0.265 e. The Morgan fingerprint density at radius 1 is 1.19 bits per heavy atom. The molecular weight excluding hydrogens is 352 g/mol. The van der Waals surface area contributed by atoms with Crippen LogP contribution in [0.25, 0.3) is 0 Å². The van der Waals surface area contributed by atoms with Crippen molar-refractivity contribution >= 4 is 50.5 Å². The molecule has 0 spiro atoms. The molecule has 0 atom stereocenters. The van der Waals surface area contributed by atoms with Gasteiger partial charge in [0.25, 0.3) is 5.91 Å². The lowest BCUT2D eigenvalue weighted by molar-refractivity contribution is -0.115. The molecule has 2 N–H and O–H groups in total. The van der Waals surface area contributed by atoms with Gasteiger partial charge in [0.2, 0.25) is 5.91 Å². The number of amides is 2. The number of carbonyl (C=O) groups is 2. The van der Waals surface area contributed by atoms with Gasteiger partial charge in [-0.05, 0) is 52.7 Å². The van der Waals surface area contributed by atoms with Gasteiger partial charge in [-0.2, -0.15) is 0 Å². The highest BCUT2D eigenvalue weighted by Crippen LogP contribution is 2.28. The van der Waals surface area contributed by atoms with Crippen LogP contribution < -0.4 is 10.6 Å². The number of nitrogens with one attached hydrogen (secondary N) is 2. The maximum atomic E-state index is 12.2. The molecular formula is C15H15BrN2O2S. The fraction of sp³-hybridized carbons (Fsp3) is 0.200. The number of anilines is 2. The Kier molecular flexibility index (Phi) is 5.14. The van der Waals surface area contributed by atoms with Crippen molar-refractivity contribution in [3.8, 4) is 0 Å². The summed E-state index contributed by atoms with van der Waals surface area (Å²) in [4.78, 5) is 24.2. The number of hydrogen-bond acceptors (Lipinski definition) is 3. The molecule has 1 aromatic carbocycles. The topological polar surface area (TPSA) is 58.2 Å². The van der Waals surface area contributed by atoms with E-state index in [1.165, 1.54) is 11.3 Å². The molecule has 0 aliphatic carbocycles. The molecule has 0 unspecified atom stereocenters. The molecule has 0 bridgehead atoms. The molecule has 6 heteroatoms. The van der Waals surface area contributed by atoms with Crippen LogP contribution in [0.15, 0.2) is 34.1 Å². The van der Waals surface area contributed by atoms with Gasteiger partial charge in [0.05, 0.1) is 8.66 Å². The van der Waals surface area contributed by atoms with Crippen molar-refractivity contribution in [1.29, 1.82) is 0 Å². The van der Waals surface area contributed by atoms with Gasteiger partial charge < -0.3 is 10.6 Å². The fourth-order valence-electron chi connectivity index (χ4n) is 1.69. The Balaban J connectivity index is 2.10. The largest absolute Gasteiger partial charge is 0.326 e. The lowest BCUT2D eigenvalue weighted by atomic mass is 10.2. The van der Waals surface area contributed by atoms with Gasteiger partial charge in [0.1, 0.15) is 0 Å². The van der Waals surface area contributed by atoms with E-state index < -0.39 is 0 Å². The molecule has 2 amide bonds. The number of hydrogen-bond donors (Lipinski definition) is 2. The van der Waals surface area contributed by atoms with Crippen LogP contribution in [-0.2, 0) is 4.79 Å². The molecule has 110 valence electrons. The Hall–Kier alpha value is -1.66. The first-order valence-corrected chi connectivity index (χ1v) is 8.07. The highest BCUT2D eigenvalue weighted by atomic mass is 79.9. The Morgan fingerprint density at radius 2 is 1.86 bits per heavy atom. The molecule has 21 heavy (non-hydrogen) atoms. The first-order chi connectivity index (χ1) is 9.99. The molecule has 0 aliphatic heterocycles. The maximum absolute atomic E-state index is 12.2. The number of rotatable bonds is 4. The number of aryl methyl sites for hydroxylation is 1. The summed E-state index contributed by atoms with van der Waals surface area (Å²) in [5, 5.41) is 5.59. The van der Waals surface area contributed by atoms with Gasteiger partial charge in [-0.3, -0.25) is 9.59 Å². The first-order valence-electron chi connectivity index (χ1n) is 6.46. The normalized spacial score (nSPS) is 10.2. The van der Waals surface area contributed by atoms with Crippen LogP contribution in [0.4, 0.5) is 11.4 Å². The predicted molar refractivity (Wildman–Crippen MR) is 90.1 cm³/mol. The Bertz CT molecular complexity index is 663. The zero-order valence-corrected chi connectivity index (χ0v) is 14.1. The summed E-state index contributed by atoms with van der Waals surface area (Å²) in [6, 6.07) is 8.94. The molecule has 0 saturated carbocycles. The third-order valence-electron chi connectivity index (χ3n) is 2.81. The first kappa shape index (κ1) is 15.7. The molecule has 1 aromatic heterocycles. The smallest absolute Gasteiger partial charge is 0.265 e. The van der Waals surface area contributed by atoms with E-state index in [0.29, 0.717) is 22.7 Å². The summed E-state index contributed by atoms with van der Waals surface area (Å²) in [7, 11) is 0. The van der Waals surface area contributed by atoms with E-state index in [9.17, 15) is 9.59 Å². The van der Waals surface area contributed by atoms with Crippen LogP contribution in [0.3, 0.4) is 0 Å². The number of benzene rings is 1. The summed E-state index contributed by atoms with van der Waals surface area (Å²) in [5.74, 6) is -0.218. The quantitative estimate of drug-likeness (QED) is 0.841. The van der Waals surface area contributed by atoms with Gasteiger partial charge in [0.15, 0.2) is 0 Å². The van der Waals surface area contributed by atoms with Gasteiger partial charge in [-0.25, -0.2) is 0 Å². The van der Waals surface area contributed by atoms with E-state index in [0.717, 1.165) is 9.35 Å². The Morgan fingerprint density at radius 3 is 2.43 bits per heavy atom. The van der Waals surface area contributed by atoms with Crippen molar-refractivity contribution in [2.75, 3.05) is 10.6 Å². The zero-order valence-electron chi connectivity index (χ0n) is 11.7. The third-order valence-corrected chi connectivity index (χ3v) is 4.94. The molecule has 1 heterocycles. The van der Waals surface area contributed by atoms with Crippen molar-refractivity contribution in [3.63, 3.8) is 0 Å². The van der Waals surface area contributed by atoms with E-state index >= 15 is 0 Å². The molecule has 2 rings (SSSR count). The van der Waals surface area contributed by atoms with E-state index in [2.05, 4.69) is 26.6 Å². The van der Waals surface area contributed by atoms with E-state index in [1.807, 2.05) is 13.0 Å². The minimum Gasteiger partial charge on any atom is -0.326 e. The van der Waals surface area contributed by atoms with Crippen LogP contribution in [0.1, 0.15) is 28.6 Å². The summed E-state index contributed by atoms with van der Waals surface area (Å²) in [6.45, 7) is 3.73. The monoisotopic (exact) mass is 366 g/mol. The van der Waals surface area contributed by atoms with Gasteiger partial charge in [-0.1, -0.05) is 13.0 Å². The van der Waals surface area contributed by atoms with E-state index in [-0.39, 0.29) is 11.8 Å². The average Bonchev–Trinajstić information content (AvgIpc) is 2.79. The Labute approximate surface area is 135 Å². The summed E-state index contributed by atoms with van der Waals surface area (Å²) in [5.41, 5.74) is 2.35. The summed E-state index contributed by atoms with van der Waals surface area (Å²) in [6.07, 6.45) is 0.416. The van der Waals surface area contributed by atoms with Gasteiger partial charge >= 0.3 is 0 Å². The van der Waals surface area contributed by atoms with Crippen molar-refractivity contribution < 1.29 is 9.59 Å². The SMILES string of the molecule is CCC(=O)Nc1cccc(NC(=O)c2cc(C)c(Br)s2)c1. The van der Waals surface area contributed by atoms with Crippen molar-refractivity contribution in [2.24, 2.45) is 0 Å². The number of thiophene rings is 1. The van der Waals surface area contributed by atoms with Gasteiger partial charge in [-0.15, -0.1) is 11.3 Å². The van der Waals surface area contributed by atoms with Crippen molar-refractivity contribution in [3.05, 3.63) is 44.6 Å². The average molecular weight is 367 g/mol. The predicted octanol–water partition coefficient (Wildman–Crippen LogP) is 4.42. The van der Waals surface area contributed by atoms with E-state index in [4.69, 9.17) is 0 Å².